The van der Waals surface area contributed by atoms with Crippen molar-refractivity contribution in [3.05, 3.63) is 0 Å². The van der Waals surface area contributed by atoms with Gasteiger partial charge in [-0.1, -0.05) is 0 Å². The van der Waals surface area contributed by atoms with Crippen LogP contribution < -0.4 is 4.72 Å². The molecule has 15 heavy (non-hydrogen) atoms. The Morgan fingerprint density at radius 2 is 2.20 bits per heavy atom. The fraction of sp³-hybridized carbons (Fsp3) is 0.889. The van der Waals surface area contributed by atoms with Crippen molar-refractivity contribution in [1.29, 1.82) is 0 Å². The number of halogens is 2. The minimum Gasteiger partial charge on any atom is -0.593 e. The van der Waals surface area contributed by atoms with E-state index in [-0.39, 0.29) is 29.4 Å². The number of hydrogen-bond donors (Lipinski definition) is 1. The second-order valence-corrected chi connectivity index (χ2v) is 5.66. The predicted octanol–water partition coefficient (Wildman–Crippen LogP) is 1.22. The van der Waals surface area contributed by atoms with Crippen LogP contribution in [-0.2, 0) is 16.2 Å². The van der Waals surface area contributed by atoms with E-state index >= 15 is 0 Å². The van der Waals surface area contributed by atoms with Gasteiger partial charge in [-0.15, -0.1) is 0 Å². The first-order chi connectivity index (χ1) is 7.08. The first-order valence-corrected chi connectivity index (χ1v) is 6.28. The summed E-state index contributed by atoms with van der Waals surface area (Å²) in [6.45, 7) is 0. The lowest BCUT2D eigenvalue weighted by Crippen LogP contribution is -2.34. The second kappa shape index (κ2) is 4.25. The van der Waals surface area contributed by atoms with E-state index in [0.717, 1.165) is 12.8 Å². The highest BCUT2D eigenvalue weighted by Gasteiger charge is 2.47. The molecule has 3 atom stereocenters. The molecule has 0 heterocycles. The zero-order valence-corrected chi connectivity index (χ0v) is 8.93. The highest BCUT2D eigenvalue weighted by molar-refractivity contribution is 7.90. The van der Waals surface area contributed by atoms with Crippen molar-refractivity contribution in [3.63, 3.8) is 0 Å². The molecule has 6 heteroatoms. The van der Waals surface area contributed by atoms with E-state index < -0.39 is 17.8 Å². The maximum Gasteiger partial charge on any atom is 0.264 e. The van der Waals surface area contributed by atoms with Crippen molar-refractivity contribution >= 4 is 17.3 Å². The molecule has 0 spiro atoms. The minimum atomic E-state index is -2.35. The van der Waals surface area contributed by atoms with Gasteiger partial charge >= 0.3 is 0 Å². The number of hydrogen-bond acceptors (Lipinski definition) is 2. The molecule has 1 N–H and O–H groups in total. The van der Waals surface area contributed by atoms with E-state index in [1.54, 1.807) is 0 Å². The molecule has 1 amide bonds. The molecule has 2 saturated carbocycles. The Hall–Kier alpha value is -0.360. The summed E-state index contributed by atoms with van der Waals surface area (Å²) in [6.07, 6.45) is -0.274. The number of alkyl halides is 2. The number of rotatable bonds is 5. The van der Waals surface area contributed by atoms with Crippen molar-refractivity contribution in [2.75, 3.05) is 0 Å². The predicted molar refractivity (Wildman–Crippen MR) is 51.5 cm³/mol. The van der Waals surface area contributed by atoms with Gasteiger partial charge in [0, 0.05) is 25.2 Å². The molecular formula is C9H13F2NO2S. The van der Waals surface area contributed by atoms with Crippen LogP contribution in [0.3, 0.4) is 0 Å². The van der Waals surface area contributed by atoms with Gasteiger partial charge in [-0.25, -0.2) is 8.78 Å². The highest BCUT2D eigenvalue weighted by Crippen LogP contribution is 2.43. The SMILES string of the molecule is O=C(N[S+]([O-])C1CC1)C1C[C@H]1CC(F)F. The Balaban J connectivity index is 1.69. The third-order valence-electron chi connectivity index (χ3n) is 2.77. The van der Waals surface area contributed by atoms with E-state index in [1.807, 2.05) is 0 Å². The van der Waals surface area contributed by atoms with Crippen LogP contribution in [0.4, 0.5) is 8.78 Å². The maximum absolute atomic E-state index is 12.0. The van der Waals surface area contributed by atoms with Crippen LogP contribution in [0, 0.1) is 11.8 Å². The lowest BCUT2D eigenvalue weighted by molar-refractivity contribution is -0.120. The standard InChI is InChI=1S/C9H13F2NO2S/c10-8(11)4-5-3-7(5)9(13)12-15(14)6-1-2-6/h5-8H,1-4H2,(H,12,13)/t5-,7?,15?/m0/s1. The molecule has 2 aliphatic carbocycles. The van der Waals surface area contributed by atoms with E-state index in [0.29, 0.717) is 6.42 Å². The summed E-state index contributed by atoms with van der Waals surface area (Å²) >= 11 is -1.29. The van der Waals surface area contributed by atoms with Crippen LogP contribution in [0.15, 0.2) is 0 Å². The Labute approximate surface area is 89.9 Å². The molecular weight excluding hydrogens is 224 g/mol. The zero-order chi connectivity index (χ0) is 11.0. The molecule has 0 aromatic rings. The van der Waals surface area contributed by atoms with Crippen LogP contribution in [0.1, 0.15) is 25.7 Å². The Bertz CT molecular complexity index is 260. The van der Waals surface area contributed by atoms with Gasteiger partial charge in [0.2, 0.25) is 6.43 Å². The zero-order valence-electron chi connectivity index (χ0n) is 8.12. The normalized spacial score (nSPS) is 31.5. The second-order valence-electron chi connectivity index (χ2n) is 4.19. The van der Waals surface area contributed by atoms with Crippen molar-refractivity contribution in [3.8, 4) is 0 Å². The van der Waals surface area contributed by atoms with Gasteiger partial charge in [0.25, 0.3) is 5.91 Å². The largest absolute Gasteiger partial charge is 0.593 e. The molecule has 2 aliphatic rings. The molecule has 2 rings (SSSR count). The molecule has 0 saturated heterocycles. The van der Waals surface area contributed by atoms with Gasteiger partial charge in [0.15, 0.2) is 0 Å². The summed E-state index contributed by atoms with van der Waals surface area (Å²) in [4.78, 5) is 11.4. The number of amides is 1. The summed E-state index contributed by atoms with van der Waals surface area (Å²) in [5, 5.41) is 0.0984. The summed E-state index contributed by atoms with van der Waals surface area (Å²) in [5.74, 6) is -0.853. The fourth-order valence-electron chi connectivity index (χ4n) is 1.60. The van der Waals surface area contributed by atoms with E-state index in [2.05, 4.69) is 4.72 Å². The summed E-state index contributed by atoms with van der Waals surface area (Å²) in [7, 11) is 0. The van der Waals surface area contributed by atoms with Crippen molar-refractivity contribution < 1.29 is 18.1 Å². The number of carbonyl (C=O) groups excluding carboxylic acids is 1. The van der Waals surface area contributed by atoms with Gasteiger partial charge in [0.1, 0.15) is 5.25 Å². The first kappa shape index (κ1) is 11.1. The van der Waals surface area contributed by atoms with E-state index in [4.69, 9.17) is 0 Å². The molecule has 0 bridgehead atoms. The summed E-state index contributed by atoms with van der Waals surface area (Å²) in [5.41, 5.74) is 0. The van der Waals surface area contributed by atoms with E-state index in [1.165, 1.54) is 0 Å². The Morgan fingerprint density at radius 1 is 1.53 bits per heavy atom. The highest BCUT2D eigenvalue weighted by atomic mass is 32.2. The van der Waals surface area contributed by atoms with Crippen LogP contribution in [-0.4, -0.2) is 22.1 Å². The Morgan fingerprint density at radius 3 is 2.73 bits per heavy atom. The quantitative estimate of drug-likeness (QED) is 0.731. The minimum absolute atomic E-state index is 0.0984. The van der Waals surface area contributed by atoms with Gasteiger partial charge in [-0.05, 0) is 12.3 Å². The Kier molecular flexibility index (Phi) is 3.16. The monoisotopic (exact) mass is 237 g/mol. The van der Waals surface area contributed by atoms with Crippen LogP contribution in [0.25, 0.3) is 0 Å². The molecule has 0 aliphatic heterocycles. The van der Waals surface area contributed by atoms with Crippen molar-refractivity contribution in [2.24, 2.45) is 11.8 Å². The van der Waals surface area contributed by atoms with Crippen molar-refractivity contribution in [2.45, 2.75) is 37.4 Å². The molecule has 2 unspecified atom stereocenters. The lowest BCUT2D eigenvalue weighted by Gasteiger charge is -2.09. The third kappa shape index (κ3) is 3.04. The van der Waals surface area contributed by atoms with E-state index in [9.17, 15) is 18.1 Å². The molecule has 3 nitrogen and oxygen atoms in total. The molecule has 0 radical (unpaired) electrons. The third-order valence-corrected chi connectivity index (χ3v) is 4.25. The van der Waals surface area contributed by atoms with Gasteiger partial charge < -0.3 is 4.55 Å². The molecule has 0 aromatic carbocycles. The van der Waals surface area contributed by atoms with Crippen LogP contribution >= 0.6 is 0 Å². The van der Waals surface area contributed by atoms with Gasteiger partial charge in [-0.2, -0.15) is 4.72 Å². The lowest BCUT2D eigenvalue weighted by atomic mass is 10.2. The van der Waals surface area contributed by atoms with Crippen LogP contribution in [0.2, 0.25) is 0 Å². The smallest absolute Gasteiger partial charge is 0.264 e. The average Bonchev–Trinajstić information content (AvgIpc) is 2.97. The number of carbonyl (C=O) groups is 1. The maximum atomic E-state index is 12.0. The van der Waals surface area contributed by atoms with Crippen LogP contribution in [0.5, 0.6) is 0 Å². The van der Waals surface area contributed by atoms with Gasteiger partial charge in [0.05, 0.1) is 11.4 Å². The molecule has 86 valence electrons. The molecule has 0 aromatic heterocycles. The summed E-state index contributed by atoms with van der Waals surface area (Å²) in [6, 6.07) is 0. The van der Waals surface area contributed by atoms with Crippen molar-refractivity contribution in [1.82, 2.24) is 4.72 Å². The summed E-state index contributed by atoms with van der Waals surface area (Å²) < 4.78 is 37.6. The first-order valence-electron chi connectivity index (χ1n) is 5.07. The fourth-order valence-corrected chi connectivity index (χ4v) is 2.68. The number of nitrogens with one attached hydrogen (secondary N) is 1. The average molecular weight is 237 g/mol. The molecule has 2 fully saturated rings. The topological polar surface area (TPSA) is 52.2 Å². The van der Waals surface area contributed by atoms with Gasteiger partial charge in [-0.3, -0.25) is 4.79 Å².